The van der Waals surface area contributed by atoms with Crippen molar-refractivity contribution in [3.8, 4) is 80.1 Å². The highest BCUT2D eigenvalue weighted by Crippen LogP contribution is 2.48. The maximum atomic E-state index is 15.9. The van der Waals surface area contributed by atoms with Crippen molar-refractivity contribution in [3.63, 3.8) is 0 Å². The third-order valence-electron chi connectivity index (χ3n) is 15.4. The lowest BCUT2D eigenvalue weighted by atomic mass is 9.89. The normalized spacial score (nSPS) is 22.4. The average molecular weight is 1200 g/mol. The number of ether oxygens (including phenoxy) is 6. The summed E-state index contributed by atoms with van der Waals surface area (Å²) in [5.41, 5.74) is 5.62. The molecule has 0 aromatic heterocycles. The van der Waals surface area contributed by atoms with E-state index in [1.807, 2.05) is 0 Å². The van der Waals surface area contributed by atoms with E-state index < -0.39 is 119 Å². The Hall–Kier alpha value is -11.1. The molecule has 13 rings (SSSR count). The van der Waals surface area contributed by atoms with Crippen LogP contribution < -0.4 is 61.3 Å². The van der Waals surface area contributed by atoms with Gasteiger partial charge in [0.1, 0.15) is 88.7 Å². The molecule has 0 radical (unpaired) electrons. The zero-order valence-corrected chi connectivity index (χ0v) is 46.8. The summed E-state index contributed by atoms with van der Waals surface area (Å²) in [6, 6.07) is 12.2. The number of nitrogens with two attached hydrogens (primary N) is 1. The molecule has 0 fully saturated rings. The first-order valence-corrected chi connectivity index (χ1v) is 27.0. The number of phenolic OH excluding ortho intramolecular Hbond substituents is 4. The molecule has 26 nitrogen and oxygen atoms in total. The number of benzene rings is 7. The summed E-state index contributed by atoms with van der Waals surface area (Å²) in [6.45, 7) is 1.44. The molecule has 6 aliphatic rings. The Morgan fingerprint density at radius 3 is 1.55 bits per heavy atom. The first-order valence-electron chi connectivity index (χ1n) is 27.0. The van der Waals surface area contributed by atoms with Gasteiger partial charge in [0.25, 0.3) is 0 Å². The van der Waals surface area contributed by atoms with Gasteiger partial charge in [-0.1, -0.05) is 36.4 Å². The number of nitrogens with one attached hydrogen (secondary N) is 6. The molecule has 6 unspecified atom stereocenters. The number of fused-ring (bicyclic) bond motifs is 14. The SMILES string of the molecule is COC(=O)C1NC(=O)C2NC(=O)C(NC(=O)C3NC(=O)C4NC(=O)[C@H](NC(=O)[C@H](N)c5ccc(O)c(c5)Oc5cc4cc(O)c5C)[C@H](O)c4ccc(cc4)Oc4cc3cc(c4OC)Oc3ccc(cc3)C2O)c2ccc(O)c(c2)-c2c(OC)cc(O)cc21. The zero-order valence-electron chi connectivity index (χ0n) is 46.8. The van der Waals surface area contributed by atoms with Gasteiger partial charge in [-0.05, 0) is 119 Å². The molecule has 6 amide bonds. The van der Waals surface area contributed by atoms with Gasteiger partial charge >= 0.3 is 5.97 Å². The topological polar surface area (TPSA) is 394 Å². The molecule has 14 N–H and O–H groups in total. The van der Waals surface area contributed by atoms with Crippen LogP contribution in [0.1, 0.15) is 86.9 Å². The fraction of sp³-hybridized carbons (Fsp3) is 0.210. The van der Waals surface area contributed by atoms with Crippen LogP contribution >= 0.6 is 0 Å². The van der Waals surface area contributed by atoms with Crippen molar-refractivity contribution >= 4 is 41.4 Å². The van der Waals surface area contributed by atoms with Gasteiger partial charge in [-0.2, -0.15) is 0 Å². The Labute approximate surface area is 498 Å². The van der Waals surface area contributed by atoms with Crippen molar-refractivity contribution in [2.24, 2.45) is 5.73 Å². The Morgan fingerprint density at radius 2 is 0.966 bits per heavy atom. The minimum absolute atomic E-state index is 0.0122. The standard InChI is InChI=1S/C62H55N7O19/c1-25-39(73)18-30-20-40(25)88-41-19-28(9-16-38(41)72)46(63)56(76)68-51-53(74)26-5-11-33(12-6-26)86-43-21-31-22-44(55(43)84-3)87-34-13-7-27(8-14-34)54(75)52-61(81)67-50(62(82)85-4)36-23-32(70)24-42(83-2)45(36)35-17-29(10-15-37(35)71)47(57(77)69-52)64-59(79)49(31)65-58(78)48(30)66-60(51)80/h5-24,46-54,70-75H,63H2,1-4H3,(H,64,79)(H,65,78)(H,66,80)(H,67,81)(H,68,76)(H,69,77)/t46-,47?,48?,49?,50?,51-,52?,53-,54?/m1/s1. The van der Waals surface area contributed by atoms with Gasteiger partial charge in [-0.15, -0.1) is 0 Å². The van der Waals surface area contributed by atoms with Crippen molar-refractivity contribution < 1.29 is 92.6 Å². The molecule has 6 aliphatic heterocycles. The number of carbonyl (C=O) groups excluding carboxylic acids is 7. The van der Waals surface area contributed by atoms with Crippen LogP contribution in [0.3, 0.4) is 0 Å². The van der Waals surface area contributed by atoms with E-state index in [1.54, 1.807) is 0 Å². The minimum atomic E-state index is -2.06. The second-order valence-electron chi connectivity index (χ2n) is 20.9. The number of esters is 1. The predicted octanol–water partition coefficient (Wildman–Crippen LogP) is 4.17. The van der Waals surface area contributed by atoms with E-state index in [9.17, 15) is 45.0 Å². The smallest absolute Gasteiger partial charge is 0.333 e. The van der Waals surface area contributed by atoms with Crippen LogP contribution in [0.5, 0.6) is 69.0 Å². The summed E-state index contributed by atoms with van der Waals surface area (Å²) in [7, 11) is 3.53. The third-order valence-corrected chi connectivity index (χ3v) is 15.4. The minimum Gasteiger partial charge on any atom is -0.508 e. The van der Waals surface area contributed by atoms with E-state index in [0.717, 1.165) is 31.4 Å². The Kier molecular flexibility index (Phi) is 15.6. The molecule has 17 bridgehead atoms. The molecule has 7 aromatic rings. The number of aliphatic hydroxyl groups is 2. The number of methoxy groups -OCH3 is 3. The van der Waals surface area contributed by atoms with Gasteiger partial charge in [0, 0.05) is 28.3 Å². The highest BCUT2D eigenvalue weighted by molar-refractivity contribution is 6.00. The van der Waals surface area contributed by atoms with Gasteiger partial charge in [0.15, 0.2) is 29.0 Å². The largest absolute Gasteiger partial charge is 0.508 e. The molecule has 7 aromatic carbocycles. The molecular formula is C62H55N7O19. The van der Waals surface area contributed by atoms with Crippen LogP contribution in [0.2, 0.25) is 0 Å². The molecule has 9 atom stereocenters. The number of rotatable bonds is 3. The second kappa shape index (κ2) is 23.4. The lowest BCUT2D eigenvalue weighted by molar-refractivity contribution is -0.146. The highest BCUT2D eigenvalue weighted by Gasteiger charge is 2.42. The number of aromatic hydroxyl groups is 4. The second-order valence-corrected chi connectivity index (χ2v) is 20.9. The number of hydrogen-bond donors (Lipinski definition) is 13. The quantitative estimate of drug-likeness (QED) is 0.110. The van der Waals surface area contributed by atoms with Crippen LogP contribution in [0.15, 0.2) is 121 Å². The molecule has 0 saturated heterocycles. The molecule has 6 heterocycles. The maximum absolute atomic E-state index is 15.9. The van der Waals surface area contributed by atoms with Crippen molar-refractivity contribution in [1.29, 1.82) is 0 Å². The van der Waals surface area contributed by atoms with E-state index in [1.165, 1.54) is 118 Å². The number of carbonyl (C=O) groups is 7. The van der Waals surface area contributed by atoms with E-state index in [0.29, 0.717) is 0 Å². The highest BCUT2D eigenvalue weighted by atomic mass is 16.5. The molecular weight excluding hydrogens is 1150 g/mol. The van der Waals surface area contributed by atoms with Crippen LogP contribution in [0.25, 0.3) is 11.1 Å². The fourth-order valence-corrected chi connectivity index (χ4v) is 10.7. The summed E-state index contributed by atoms with van der Waals surface area (Å²) in [4.78, 5) is 105. The van der Waals surface area contributed by atoms with E-state index in [-0.39, 0.29) is 102 Å². The summed E-state index contributed by atoms with van der Waals surface area (Å²) >= 11 is 0. The summed E-state index contributed by atoms with van der Waals surface area (Å²) in [5, 5.41) is 85.0. The Morgan fingerprint density at radius 1 is 0.477 bits per heavy atom. The first-order chi connectivity index (χ1) is 42.1. The van der Waals surface area contributed by atoms with Crippen LogP contribution in [0, 0.1) is 6.92 Å². The fourth-order valence-electron chi connectivity index (χ4n) is 10.7. The van der Waals surface area contributed by atoms with Gasteiger partial charge < -0.3 is 96.7 Å². The van der Waals surface area contributed by atoms with Gasteiger partial charge in [-0.3, -0.25) is 28.8 Å². The average Bonchev–Trinajstić information content (AvgIpc) is 2.12. The summed E-state index contributed by atoms with van der Waals surface area (Å²) in [5.74, 6) is -11.0. The lowest BCUT2D eigenvalue weighted by Gasteiger charge is -2.31. The monoisotopic (exact) mass is 1200 g/mol. The summed E-state index contributed by atoms with van der Waals surface area (Å²) < 4.78 is 35.7. The van der Waals surface area contributed by atoms with Gasteiger partial charge in [0.05, 0.1) is 21.3 Å². The number of phenols is 4. The molecule has 452 valence electrons. The molecule has 88 heavy (non-hydrogen) atoms. The predicted molar refractivity (Wildman–Crippen MR) is 305 cm³/mol. The van der Waals surface area contributed by atoms with E-state index in [2.05, 4.69) is 31.9 Å². The molecule has 0 spiro atoms. The van der Waals surface area contributed by atoms with Crippen LogP contribution in [-0.4, -0.2) is 105 Å². The van der Waals surface area contributed by atoms with E-state index in [4.69, 9.17) is 34.2 Å². The lowest BCUT2D eigenvalue weighted by Crippen LogP contribution is -2.55. The number of amides is 6. The van der Waals surface area contributed by atoms with Crippen molar-refractivity contribution in [3.05, 3.63) is 166 Å². The maximum Gasteiger partial charge on any atom is 0.333 e. The molecule has 0 aliphatic carbocycles. The van der Waals surface area contributed by atoms with Crippen molar-refractivity contribution in [1.82, 2.24) is 31.9 Å². The van der Waals surface area contributed by atoms with E-state index >= 15 is 19.2 Å². The van der Waals surface area contributed by atoms with Crippen LogP contribution in [-0.2, 0) is 38.3 Å². The Balaban J connectivity index is 1.15. The summed E-state index contributed by atoms with van der Waals surface area (Å²) in [6.07, 6.45) is -3.85. The Bertz CT molecular complexity index is 4030. The van der Waals surface area contributed by atoms with Crippen molar-refractivity contribution in [2.45, 2.75) is 61.4 Å². The van der Waals surface area contributed by atoms with Gasteiger partial charge in [0.2, 0.25) is 41.2 Å². The van der Waals surface area contributed by atoms with Gasteiger partial charge in [-0.25, -0.2) is 4.79 Å². The first kappa shape index (κ1) is 58.7. The zero-order chi connectivity index (χ0) is 62.6. The van der Waals surface area contributed by atoms with Crippen molar-refractivity contribution in [2.75, 3.05) is 21.3 Å². The molecule has 0 saturated carbocycles. The number of hydrogen-bond acceptors (Lipinski definition) is 20. The van der Waals surface area contributed by atoms with Crippen LogP contribution in [0.4, 0.5) is 0 Å². The number of aliphatic hydroxyl groups excluding tert-OH is 2. The molecule has 26 heteroatoms. The third kappa shape index (κ3) is 11.0.